The van der Waals surface area contributed by atoms with E-state index >= 15 is 0 Å². The summed E-state index contributed by atoms with van der Waals surface area (Å²) < 4.78 is 25.2. The number of phosphoric acid groups is 1. The van der Waals surface area contributed by atoms with Gasteiger partial charge in [0, 0.05) is 0 Å². The predicted octanol–water partition coefficient (Wildman–Crippen LogP) is 4.25. The van der Waals surface area contributed by atoms with E-state index < -0.39 is 18.9 Å². The maximum Gasteiger partial charge on any atom is 0.494 e. The highest BCUT2D eigenvalue weighted by Gasteiger charge is 2.32. The molecule has 86 valence electrons. The van der Waals surface area contributed by atoms with Crippen molar-refractivity contribution in [3.8, 4) is 0 Å². The van der Waals surface area contributed by atoms with Gasteiger partial charge in [0.25, 0.3) is 0 Å². The van der Waals surface area contributed by atoms with E-state index in [-0.39, 0.29) is 0 Å². The van der Waals surface area contributed by atoms with Gasteiger partial charge in [0.05, 0.1) is 11.9 Å². The lowest BCUT2D eigenvalue weighted by Crippen LogP contribution is -2.08. The molecule has 14 heavy (non-hydrogen) atoms. The molecular weight excluding hydrogens is 273 g/mol. The zero-order chi connectivity index (χ0) is 11.2. The van der Waals surface area contributed by atoms with Gasteiger partial charge in [0.2, 0.25) is 0 Å². The highest BCUT2D eigenvalue weighted by Crippen LogP contribution is 2.54. The molecule has 0 radical (unpaired) electrons. The summed E-state index contributed by atoms with van der Waals surface area (Å²) in [7, 11) is -3.84. The summed E-state index contributed by atoms with van der Waals surface area (Å²) in [5.74, 6) is 0. The van der Waals surface area contributed by atoms with Gasteiger partial charge in [0.1, 0.15) is 11.1 Å². The summed E-state index contributed by atoms with van der Waals surface area (Å²) in [6.07, 6.45) is 0.877. The van der Waals surface area contributed by atoms with Gasteiger partial charge < -0.3 is 0 Å². The molecule has 8 heteroatoms. The largest absolute Gasteiger partial charge is 0.494 e. The number of alkyl halides is 2. The third-order valence-corrected chi connectivity index (χ3v) is 3.96. The Morgan fingerprint density at radius 1 is 1.14 bits per heavy atom. The van der Waals surface area contributed by atoms with Crippen molar-refractivity contribution in [2.75, 3.05) is 0 Å². The topological polar surface area (TPSA) is 44.8 Å². The third kappa shape index (κ3) is 5.76. The van der Waals surface area contributed by atoms with E-state index in [1.165, 1.54) is 0 Å². The van der Waals surface area contributed by atoms with Crippen molar-refractivity contribution in [2.24, 2.45) is 0 Å². The average molecular weight is 285 g/mol. The monoisotopic (exact) mass is 284 g/mol. The van der Waals surface area contributed by atoms with Crippen molar-refractivity contribution in [1.29, 1.82) is 0 Å². The van der Waals surface area contributed by atoms with Crippen LogP contribution in [0.15, 0.2) is 0 Å². The van der Waals surface area contributed by atoms with E-state index in [9.17, 15) is 4.57 Å². The zero-order valence-corrected chi connectivity index (χ0v) is 10.9. The van der Waals surface area contributed by atoms with Crippen molar-refractivity contribution in [3.63, 3.8) is 0 Å². The van der Waals surface area contributed by atoms with Crippen molar-refractivity contribution in [3.05, 3.63) is 0 Å². The van der Waals surface area contributed by atoms with Gasteiger partial charge in [-0.2, -0.15) is 4.08 Å². The van der Waals surface area contributed by atoms with E-state index in [1.54, 1.807) is 13.8 Å². The van der Waals surface area contributed by atoms with Gasteiger partial charge in [-0.1, -0.05) is 37.0 Å². The fourth-order valence-corrected chi connectivity index (χ4v) is 2.24. The normalized spacial score (nSPS) is 20.1. The molecule has 0 heterocycles. The average Bonchev–Trinajstić information content (AvgIpc) is 2.17. The first-order valence-corrected chi connectivity index (χ1v) is 6.67. The lowest BCUT2D eigenvalue weighted by molar-refractivity contribution is 0.131. The minimum Gasteiger partial charge on any atom is -0.266 e. The van der Waals surface area contributed by atoms with Crippen molar-refractivity contribution >= 4 is 42.9 Å². The second kappa shape index (κ2) is 7.29. The predicted molar refractivity (Wildman–Crippen MR) is 56.6 cm³/mol. The van der Waals surface area contributed by atoms with Crippen LogP contribution < -0.4 is 0 Å². The molecular formula is C6H12Cl3O4P. The molecule has 0 saturated carbocycles. The third-order valence-electron chi connectivity index (χ3n) is 1.21. The van der Waals surface area contributed by atoms with Crippen LogP contribution in [-0.4, -0.2) is 11.1 Å². The lowest BCUT2D eigenvalue weighted by Gasteiger charge is -2.18. The summed E-state index contributed by atoms with van der Waals surface area (Å²) in [5.41, 5.74) is -1.58. The molecule has 0 aromatic carbocycles. The number of hydrogen-bond acceptors (Lipinski definition) is 4. The molecule has 0 aliphatic rings. The first-order chi connectivity index (χ1) is 6.47. The fraction of sp³-hybridized carbons (Fsp3) is 1.00. The maximum absolute atomic E-state index is 11.6. The Hall–Kier alpha value is 0.980. The summed E-state index contributed by atoms with van der Waals surface area (Å²) in [5, 5.41) is 0. The minimum absolute atomic E-state index is 0.439. The maximum atomic E-state index is 11.6. The molecule has 0 fully saturated rings. The first-order valence-electron chi connectivity index (χ1n) is 4.02. The molecule has 2 atom stereocenters. The van der Waals surface area contributed by atoms with Crippen molar-refractivity contribution in [2.45, 2.75) is 37.8 Å². The van der Waals surface area contributed by atoms with Crippen LogP contribution in [0.5, 0.6) is 0 Å². The SMILES string of the molecule is CCC(Cl)OP(=O)(OCl)OC(Cl)CC. The summed E-state index contributed by atoms with van der Waals surface area (Å²) >= 11 is 16.2. The Balaban J connectivity index is 4.25. The molecule has 0 amide bonds. The van der Waals surface area contributed by atoms with Crippen molar-refractivity contribution < 1.29 is 17.7 Å². The second-order valence-corrected chi connectivity index (χ2v) is 5.21. The Morgan fingerprint density at radius 2 is 1.50 bits per heavy atom. The van der Waals surface area contributed by atoms with Gasteiger partial charge in [0.15, 0.2) is 0 Å². The van der Waals surface area contributed by atoms with Crippen LogP contribution in [0.4, 0.5) is 0 Å². The van der Waals surface area contributed by atoms with Gasteiger partial charge in [-0.15, -0.1) is 0 Å². The molecule has 0 aromatic heterocycles. The molecule has 0 bridgehead atoms. The van der Waals surface area contributed by atoms with E-state index in [2.05, 4.69) is 4.08 Å². The number of rotatable bonds is 7. The van der Waals surface area contributed by atoms with Crippen LogP contribution in [-0.2, 0) is 17.7 Å². The smallest absolute Gasteiger partial charge is 0.266 e. The quantitative estimate of drug-likeness (QED) is 0.518. The summed E-state index contributed by atoms with van der Waals surface area (Å²) in [4.78, 5) is 0. The van der Waals surface area contributed by atoms with Gasteiger partial charge in [-0.25, -0.2) is 4.57 Å². The Morgan fingerprint density at radius 3 is 1.71 bits per heavy atom. The molecule has 4 nitrogen and oxygen atoms in total. The molecule has 0 aliphatic carbocycles. The second-order valence-electron chi connectivity index (χ2n) is 2.36. The van der Waals surface area contributed by atoms with Crippen LogP contribution in [0.25, 0.3) is 0 Å². The zero-order valence-electron chi connectivity index (χ0n) is 7.78. The van der Waals surface area contributed by atoms with Crippen LogP contribution in [0.1, 0.15) is 26.7 Å². The van der Waals surface area contributed by atoms with Crippen LogP contribution >= 0.6 is 42.9 Å². The van der Waals surface area contributed by atoms with E-state index in [0.717, 1.165) is 0 Å². The Labute approximate surface area is 98.5 Å². The Kier molecular flexibility index (Phi) is 7.80. The minimum atomic E-state index is -3.84. The van der Waals surface area contributed by atoms with Crippen LogP contribution in [0.2, 0.25) is 0 Å². The molecule has 0 aliphatic heterocycles. The van der Waals surface area contributed by atoms with Gasteiger partial charge in [-0.05, 0) is 12.8 Å². The van der Waals surface area contributed by atoms with Gasteiger partial charge >= 0.3 is 7.82 Å². The van der Waals surface area contributed by atoms with Crippen LogP contribution in [0, 0.1) is 0 Å². The highest BCUT2D eigenvalue weighted by atomic mass is 35.5. The summed E-state index contributed by atoms with van der Waals surface area (Å²) in [6.45, 7) is 3.49. The molecule has 0 saturated heterocycles. The molecule has 2 unspecified atom stereocenters. The number of halogens is 3. The van der Waals surface area contributed by atoms with E-state index in [0.29, 0.717) is 12.8 Å². The first kappa shape index (κ1) is 15.0. The standard InChI is InChI=1S/C6H12Cl3O4P/c1-3-5(7)11-14(10,13-9)12-6(8)4-2/h5-6H,3-4H2,1-2H3. The molecule has 0 rings (SSSR count). The molecule has 0 N–H and O–H groups in total. The number of phosphoric ester groups is 1. The molecule has 0 spiro atoms. The highest BCUT2D eigenvalue weighted by molar-refractivity contribution is 7.49. The lowest BCUT2D eigenvalue weighted by atomic mass is 10.5. The van der Waals surface area contributed by atoms with Gasteiger partial charge in [-0.3, -0.25) is 9.05 Å². The molecule has 0 aromatic rings. The van der Waals surface area contributed by atoms with E-state index in [1.807, 2.05) is 0 Å². The van der Waals surface area contributed by atoms with Crippen LogP contribution in [0.3, 0.4) is 0 Å². The van der Waals surface area contributed by atoms with E-state index in [4.69, 9.17) is 44.1 Å². The van der Waals surface area contributed by atoms with Crippen molar-refractivity contribution in [1.82, 2.24) is 0 Å². The Bertz CT molecular complexity index is 188. The fourth-order valence-electron chi connectivity index (χ4n) is 0.487. The summed E-state index contributed by atoms with van der Waals surface area (Å²) in [6, 6.07) is 0. The number of hydrogen-bond donors (Lipinski definition) is 0.